The highest BCUT2D eigenvalue weighted by Crippen LogP contribution is 2.37. The van der Waals surface area contributed by atoms with Crippen molar-refractivity contribution >= 4 is 16.9 Å². The highest BCUT2D eigenvalue weighted by molar-refractivity contribution is 5.88. The maximum Gasteiger partial charge on any atom is 0.338 e. The SMILES string of the molecule is CCOC(=O)[C@H]1O[C@@H](Oc2c(-c3ccc(O)cc3)oc3cc(O)cc(O)c3c2=O)[C@H](O)[C@@H](O)[C@@H]1O. The van der Waals surface area contributed by atoms with Gasteiger partial charge in [-0.3, -0.25) is 4.79 Å². The number of carbonyl (C=O) groups is 1. The number of carbonyl (C=O) groups excluding carboxylic acids is 1. The molecule has 6 N–H and O–H groups in total. The number of aliphatic hydroxyl groups excluding tert-OH is 3. The van der Waals surface area contributed by atoms with Gasteiger partial charge in [-0.2, -0.15) is 0 Å². The summed E-state index contributed by atoms with van der Waals surface area (Å²) in [5, 5.41) is 60.1. The average molecular weight is 490 g/mol. The Kier molecular flexibility index (Phi) is 6.54. The summed E-state index contributed by atoms with van der Waals surface area (Å²) in [6, 6.07) is 7.36. The number of hydrogen-bond donors (Lipinski definition) is 6. The Morgan fingerprint density at radius 2 is 1.66 bits per heavy atom. The maximum absolute atomic E-state index is 13.3. The molecule has 1 aliphatic rings. The van der Waals surface area contributed by atoms with Crippen molar-refractivity contribution in [1.29, 1.82) is 0 Å². The number of aromatic hydroxyl groups is 3. The van der Waals surface area contributed by atoms with Gasteiger partial charge in [-0.1, -0.05) is 0 Å². The molecule has 5 atom stereocenters. The van der Waals surface area contributed by atoms with E-state index in [2.05, 4.69) is 0 Å². The summed E-state index contributed by atoms with van der Waals surface area (Å²) in [7, 11) is 0. The molecule has 35 heavy (non-hydrogen) atoms. The first-order valence-corrected chi connectivity index (χ1v) is 10.5. The van der Waals surface area contributed by atoms with Crippen molar-refractivity contribution in [3.05, 3.63) is 46.6 Å². The zero-order chi connectivity index (χ0) is 25.4. The van der Waals surface area contributed by atoms with E-state index >= 15 is 0 Å². The van der Waals surface area contributed by atoms with E-state index in [1.54, 1.807) is 0 Å². The van der Waals surface area contributed by atoms with Gasteiger partial charge in [0.1, 0.15) is 46.5 Å². The van der Waals surface area contributed by atoms with Gasteiger partial charge in [0.05, 0.1) is 6.61 Å². The minimum Gasteiger partial charge on any atom is -0.508 e. The molecule has 4 rings (SSSR count). The molecule has 0 amide bonds. The van der Waals surface area contributed by atoms with Crippen LogP contribution in [-0.4, -0.2) is 73.9 Å². The largest absolute Gasteiger partial charge is 0.508 e. The molecule has 1 aliphatic heterocycles. The van der Waals surface area contributed by atoms with Crippen LogP contribution in [-0.2, 0) is 14.3 Å². The number of phenols is 3. The summed E-state index contributed by atoms with van der Waals surface area (Å²) >= 11 is 0. The fraction of sp³-hybridized carbons (Fsp3) is 0.304. The van der Waals surface area contributed by atoms with Crippen molar-refractivity contribution in [3.63, 3.8) is 0 Å². The lowest BCUT2D eigenvalue weighted by Gasteiger charge is -2.38. The fourth-order valence-corrected chi connectivity index (χ4v) is 3.66. The average Bonchev–Trinajstić information content (AvgIpc) is 2.80. The predicted octanol–water partition coefficient (Wildman–Crippen LogP) is 0.326. The Morgan fingerprint density at radius 3 is 2.31 bits per heavy atom. The number of rotatable bonds is 5. The first-order valence-electron chi connectivity index (χ1n) is 10.5. The zero-order valence-corrected chi connectivity index (χ0v) is 18.2. The molecular weight excluding hydrogens is 468 g/mol. The van der Waals surface area contributed by atoms with E-state index < -0.39 is 53.6 Å². The standard InChI is InChI=1S/C23H22O12/c1-2-32-22(31)21-17(29)16(28)18(30)23(35-21)34-20-15(27)14-12(26)7-11(25)8-13(14)33-19(20)9-3-5-10(24)6-4-9/h3-8,16-18,21,23-26,28-30H,2H2,1H3/t16-,17-,18+,21-,23+/m0/s1. The molecule has 12 heteroatoms. The van der Waals surface area contributed by atoms with E-state index in [-0.39, 0.29) is 40.4 Å². The number of phenolic OH excluding ortho intramolecular Hbond substituents is 3. The summed E-state index contributed by atoms with van der Waals surface area (Å²) in [5.41, 5.74) is -0.920. The van der Waals surface area contributed by atoms with E-state index in [0.29, 0.717) is 0 Å². The van der Waals surface area contributed by atoms with Crippen LogP contribution < -0.4 is 10.2 Å². The van der Waals surface area contributed by atoms with Gasteiger partial charge in [-0.25, -0.2) is 4.79 Å². The van der Waals surface area contributed by atoms with Gasteiger partial charge in [0.15, 0.2) is 11.9 Å². The molecule has 0 aliphatic carbocycles. The third-order valence-corrected chi connectivity index (χ3v) is 5.37. The van der Waals surface area contributed by atoms with E-state index in [0.717, 1.165) is 12.1 Å². The quantitative estimate of drug-likeness (QED) is 0.268. The monoisotopic (exact) mass is 490 g/mol. The minimum absolute atomic E-state index is 0.0546. The van der Waals surface area contributed by atoms with Crippen molar-refractivity contribution in [2.75, 3.05) is 6.61 Å². The van der Waals surface area contributed by atoms with Crippen molar-refractivity contribution in [3.8, 4) is 34.3 Å². The molecule has 1 aromatic heterocycles. The Labute approximate surface area is 196 Å². The summed E-state index contributed by atoms with van der Waals surface area (Å²) in [5.74, 6) is -2.95. The molecule has 186 valence electrons. The van der Waals surface area contributed by atoms with E-state index in [9.17, 15) is 40.2 Å². The third-order valence-electron chi connectivity index (χ3n) is 5.37. The minimum atomic E-state index is -1.91. The number of hydrogen-bond acceptors (Lipinski definition) is 12. The van der Waals surface area contributed by atoms with Crippen molar-refractivity contribution < 1.29 is 54.1 Å². The van der Waals surface area contributed by atoms with Gasteiger partial charge in [0, 0.05) is 17.7 Å². The Bertz CT molecular complexity index is 1300. The molecule has 1 fully saturated rings. The van der Waals surface area contributed by atoms with E-state index in [4.69, 9.17) is 18.6 Å². The van der Waals surface area contributed by atoms with Crippen LogP contribution in [0, 0.1) is 0 Å². The topological polar surface area (TPSA) is 196 Å². The Hall–Kier alpha value is -3.84. The molecule has 0 unspecified atom stereocenters. The lowest BCUT2D eigenvalue weighted by atomic mass is 9.99. The van der Waals surface area contributed by atoms with Crippen LogP contribution in [0.5, 0.6) is 23.0 Å². The van der Waals surface area contributed by atoms with E-state index in [1.807, 2.05) is 0 Å². The molecule has 2 aromatic carbocycles. The van der Waals surface area contributed by atoms with Gasteiger partial charge < -0.3 is 49.3 Å². The van der Waals surface area contributed by atoms with Crippen LogP contribution >= 0.6 is 0 Å². The predicted molar refractivity (Wildman–Crippen MR) is 117 cm³/mol. The number of fused-ring (bicyclic) bond motifs is 1. The molecule has 3 aromatic rings. The van der Waals surface area contributed by atoms with Crippen LogP contribution in [0.25, 0.3) is 22.3 Å². The first kappa shape index (κ1) is 24.3. The summed E-state index contributed by atoms with van der Waals surface area (Å²) in [6.07, 6.45) is -9.25. The molecule has 1 saturated heterocycles. The normalized spacial score (nSPS) is 24.3. The number of ether oxygens (including phenoxy) is 3. The molecule has 0 spiro atoms. The van der Waals surface area contributed by atoms with E-state index in [1.165, 1.54) is 31.2 Å². The van der Waals surface area contributed by atoms with Crippen LogP contribution in [0.4, 0.5) is 0 Å². The summed E-state index contributed by atoms with van der Waals surface area (Å²) < 4.78 is 21.5. The maximum atomic E-state index is 13.3. The van der Waals surface area contributed by atoms with Crippen LogP contribution in [0.3, 0.4) is 0 Å². The van der Waals surface area contributed by atoms with Crippen LogP contribution in [0.2, 0.25) is 0 Å². The van der Waals surface area contributed by atoms with Crippen LogP contribution in [0.1, 0.15) is 6.92 Å². The number of benzene rings is 2. The lowest BCUT2D eigenvalue weighted by Crippen LogP contribution is -2.61. The van der Waals surface area contributed by atoms with Crippen molar-refractivity contribution in [2.45, 2.75) is 37.6 Å². The van der Waals surface area contributed by atoms with Crippen molar-refractivity contribution in [2.24, 2.45) is 0 Å². The second kappa shape index (κ2) is 9.43. The first-order chi connectivity index (χ1) is 16.6. The number of aliphatic hydroxyl groups is 3. The second-order valence-corrected chi connectivity index (χ2v) is 7.74. The fourth-order valence-electron chi connectivity index (χ4n) is 3.66. The highest BCUT2D eigenvalue weighted by atomic mass is 16.7. The van der Waals surface area contributed by atoms with Gasteiger partial charge in [0.25, 0.3) is 0 Å². The molecule has 12 nitrogen and oxygen atoms in total. The molecule has 0 bridgehead atoms. The Balaban J connectivity index is 1.85. The Morgan fingerprint density at radius 1 is 0.971 bits per heavy atom. The zero-order valence-electron chi connectivity index (χ0n) is 18.2. The van der Waals surface area contributed by atoms with Gasteiger partial charge in [-0.05, 0) is 31.2 Å². The highest BCUT2D eigenvalue weighted by Gasteiger charge is 2.49. The number of esters is 1. The molecule has 2 heterocycles. The molecule has 0 saturated carbocycles. The third kappa shape index (κ3) is 4.47. The van der Waals surface area contributed by atoms with Crippen molar-refractivity contribution in [1.82, 2.24) is 0 Å². The summed E-state index contributed by atoms with van der Waals surface area (Å²) in [4.78, 5) is 25.5. The van der Waals surface area contributed by atoms with Gasteiger partial charge in [-0.15, -0.1) is 0 Å². The van der Waals surface area contributed by atoms with Gasteiger partial charge in [0.2, 0.25) is 17.5 Å². The molecule has 0 radical (unpaired) electrons. The van der Waals surface area contributed by atoms with Gasteiger partial charge >= 0.3 is 5.97 Å². The van der Waals surface area contributed by atoms with Crippen LogP contribution in [0.15, 0.2) is 45.6 Å². The lowest BCUT2D eigenvalue weighted by molar-refractivity contribution is -0.272. The summed E-state index contributed by atoms with van der Waals surface area (Å²) in [6.45, 7) is 1.46. The molecular formula is C23H22O12. The second-order valence-electron chi connectivity index (χ2n) is 7.74. The smallest absolute Gasteiger partial charge is 0.338 e.